The fourth-order valence-electron chi connectivity index (χ4n) is 2.84. The number of hydrogen-bond donors (Lipinski definition) is 2. The van der Waals surface area contributed by atoms with Gasteiger partial charge in [0.2, 0.25) is 0 Å². The topological polar surface area (TPSA) is 105 Å². The maximum Gasteiger partial charge on any atom is 0.320 e. The van der Waals surface area contributed by atoms with E-state index in [1.54, 1.807) is 12.3 Å². The minimum atomic E-state index is -0.495. The molecule has 0 spiro atoms. The van der Waals surface area contributed by atoms with Crippen molar-refractivity contribution in [2.24, 2.45) is 0 Å². The maximum atomic E-state index is 12.3. The molecule has 28 heavy (non-hydrogen) atoms. The van der Waals surface area contributed by atoms with Gasteiger partial charge in [-0.05, 0) is 36.8 Å². The molecule has 9 heteroatoms. The Kier molecular flexibility index (Phi) is 5.16. The molecule has 1 aliphatic rings. The molecule has 0 unspecified atom stereocenters. The van der Waals surface area contributed by atoms with E-state index >= 15 is 0 Å². The van der Waals surface area contributed by atoms with Crippen molar-refractivity contribution >= 4 is 29.1 Å². The Morgan fingerprint density at radius 3 is 2.71 bits per heavy atom. The lowest BCUT2D eigenvalue weighted by molar-refractivity contribution is 0.0991. The van der Waals surface area contributed by atoms with Crippen molar-refractivity contribution in [3.8, 4) is 0 Å². The van der Waals surface area contributed by atoms with Crippen LogP contribution in [0, 0.1) is 6.92 Å². The molecule has 4 rings (SSSR count). The van der Waals surface area contributed by atoms with Gasteiger partial charge < -0.3 is 24.7 Å². The highest BCUT2D eigenvalue weighted by molar-refractivity contribution is 6.00. The van der Waals surface area contributed by atoms with Gasteiger partial charge in [0.1, 0.15) is 5.82 Å². The van der Waals surface area contributed by atoms with Gasteiger partial charge in [0.05, 0.1) is 25.1 Å². The molecular weight excluding hydrogens is 360 g/mol. The molecule has 2 aromatic heterocycles. The van der Waals surface area contributed by atoms with Crippen LogP contribution in [-0.4, -0.2) is 47.4 Å². The zero-order valence-corrected chi connectivity index (χ0v) is 15.4. The number of benzene rings is 1. The zero-order chi connectivity index (χ0) is 19.3. The monoisotopic (exact) mass is 380 g/mol. The molecule has 1 fully saturated rings. The molecule has 3 heterocycles. The van der Waals surface area contributed by atoms with Gasteiger partial charge >= 0.3 is 17.8 Å². The number of anilines is 4. The Hall–Kier alpha value is -3.46. The second kappa shape index (κ2) is 8.05. The Labute approximate surface area is 161 Å². The standard InChI is InChI=1S/C19H20N6O3/c1-13-3-2-4-14(11-13)22-19-24-23-18(28-19)17(26)21-15-5-6-16(20-12-15)25-7-9-27-10-8-25/h2-6,11-12H,7-10H2,1H3,(H,21,26)(H,22,24). The highest BCUT2D eigenvalue weighted by Crippen LogP contribution is 2.18. The van der Waals surface area contributed by atoms with E-state index in [4.69, 9.17) is 9.15 Å². The summed E-state index contributed by atoms with van der Waals surface area (Å²) in [6.45, 7) is 4.97. The number of pyridine rings is 1. The van der Waals surface area contributed by atoms with Crippen molar-refractivity contribution in [3.05, 3.63) is 54.0 Å². The summed E-state index contributed by atoms with van der Waals surface area (Å²) in [5.41, 5.74) is 2.45. The molecule has 9 nitrogen and oxygen atoms in total. The Balaban J connectivity index is 1.37. The van der Waals surface area contributed by atoms with Crippen LogP contribution in [0.4, 0.5) is 23.2 Å². The Morgan fingerprint density at radius 1 is 1.11 bits per heavy atom. The molecule has 0 atom stereocenters. The first-order valence-electron chi connectivity index (χ1n) is 8.95. The van der Waals surface area contributed by atoms with Crippen LogP contribution >= 0.6 is 0 Å². The number of ether oxygens (including phenoxy) is 1. The van der Waals surface area contributed by atoms with Crippen molar-refractivity contribution in [2.45, 2.75) is 6.92 Å². The van der Waals surface area contributed by atoms with Gasteiger partial charge in [0, 0.05) is 18.8 Å². The highest BCUT2D eigenvalue weighted by Gasteiger charge is 2.16. The molecule has 2 N–H and O–H groups in total. The van der Waals surface area contributed by atoms with Crippen LogP contribution in [-0.2, 0) is 4.74 Å². The number of nitrogens with zero attached hydrogens (tertiary/aromatic N) is 4. The zero-order valence-electron chi connectivity index (χ0n) is 15.4. The van der Waals surface area contributed by atoms with E-state index in [1.807, 2.05) is 37.3 Å². The summed E-state index contributed by atoms with van der Waals surface area (Å²) in [6.07, 6.45) is 1.60. The molecule has 3 aromatic rings. The van der Waals surface area contributed by atoms with Gasteiger partial charge in [-0.1, -0.05) is 17.2 Å². The predicted octanol–water partition coefficient (Wildman–Crippen LogP) is 2.61. The number of carbonyl (C=O) groups excluding carboxylic acids is 1. The summed E-state index contributed by atoms with van der Waals surface area (Å²) in [5.74, 6) is 0.224. The summed E-state index contributed by atoms with van der Waals surface area (Å²) in [5, 5.41) is 13.3. The second-order valence-corrected chi connectivity index (χ2v) is 6.37. The normalized spacial score (nSPS) is 14.0. The van der Waals surface area contributed by atoms with Crippen LogP contribution < -0.4 is 15.5 Å². The van der Waals surface area contributed by atoms with Gasteiger partial charge in [-0.2, -0.15) is 0 Å². The molecular formula is C19H20N6O3. The first kappa shape index (κ1) is 17.9. The lowest BCUT2D eigenvalue weighted by atomic mass is 10.2. The fourth-order valence-corrected chi connectivity index (χ4v) is 2.84. The predicted molar refractivity (Wildman–Crippen MR) is 104 cm³/mol. The lowest BCUT2D eigenvalue weighted by Gasteiger charge is -2.27. The first-order chi connectivity index (χ1) is 13.7. The van der Waals surface area contributed by atoms with E-state index in [2.05, 4.69) is 30.7 Å². The minimum Gasteiger partial charge on any atom is -0.399 e. The van der Waals surface area contributed by atoms with Crippen LogP contribution in [0.3, 0.4) is 0 Å². The highest BCUT2D eigenvalue weighted by atomic mass is 16.5. The summed E-state index contributed by atoms with van der Waals surface area (Å²) >= 11 is 0. The summed E-state index contributed by atoms with van der Waals surface area (Å²) in [7, 11) is 0. The number of carbonyl (C=O) groups is 1. The molecule has 0 saturated carbocycles. The van der Waals surface area contributed by atoms with E-state index in [-0.39, 0.29) is 11.9 Å². The number of aromatic nitrogens is 3. The van der Waals surface area contributed by atoms with Crippen molar-refractivity contribution in [1.29, 1.82) is 0 Å². The van der Waals surface area contributed by atoms with E-state index in [0.717, 1.165) is 30.2 Å². The van der Waals surface area contributed by atoms with Crippen molar-refractivity contribution in [2.75, 3.05) is 41.8 Å². The quantitative estimate of drug-likeness (QED) is 0.696. The number of aryl methyl sites for hydroxylation is 1. The summed E-state index contributed by atoms with van der Waals surface area (Å²) < 4.78 is 10.7. The number of amides is 1. The second-order valence-electron chi connectivity index (χ2n) is 6.37. The molecule has 1 aliphatic heterocycles. The molecule has 1 aromatic carbocycles. The number of hydrogen-bond acceptors (Lipinski definition) is 8. The third-order valence-electron chi connectivity index (χ3n) is 4.23. The van der Waals surface area contributed by atoms with Crippen LogP contribution in [0.2, 0.25) is 0 Å². The summed E-state index contributed by atoms with van der Waals surface area (Å²) in [4.78, 5) is 18.9. The molecule has 1 saturated heterocycles. The number of morpholine rings is 1. The molecule has 144 valence electrons. The first-order valence-corrected chi connectivity index (χ1v) is 8.95. The van der Waals surface area contributed by atoms with E-state index < -0.39 is 5.91 Å². The van der Waals surface area contributed by atoms with Crippen LogP contribution in [0.15, 0.2) is 47.0 Å². The Bertz CT molecular complexity index is 950. The SMILES string of the molecule is Cc1cccc(Nc2nnc(C(=O)Nc3ccc(N4CCOCC4)nc3)o2)c1. The molecule has 0 bridgehead atoms. The van der Waals surface area contributed by atoms with Gasteiger partial charge in [0.15, 0.2) is 0 Å². The van der Waals surface area contributed by atoms with Crippen molar-refractivity contribution in [3.63, 3.8) is 0 Å². The number of nitrogens with one attached hydrogen (secondary N) is 2. The number of rotatable bonds is 5. The third kappa shape index (κ3) is 4.26. The van der Waals surface area contributed by atoms with Gasteiger partial charge in [-0.15, -0.1) is 5.10 Å². The fraction of sp³-hybridized carbons (Fsp3) is 0.263. The van der Waals surface area contributed by atoms with E-state index in [9.17, 15) is 4.79 Å². The van der Waals surface area contributed by atoms with Crippen molar-refractivity contribution in [1.82, 2.24) is 15.2 Å². The lowest BCUT2D eigenvalue weighted by Crippen LogP contribution is -2.36. The molecule has 1 amide bonds. The van der Waals surface area contributed by atoms with Gasteiger partial charge in [-0.3, -0.25) is 4.79 Å². The minimum absolute atomic E-state index is 0.132. The summed E-state index contributed by atoms with van der Waals surface area (Å²) in [6, 6.07) is 11.5. The van der Waals surface area contributed by atoms with Crippen LogP contribution in [0.1, 0.15) is 16.2 Å². The van der Waals surface area contributed by atoms with Crippen LogP contribution in [0.25, 0.3) is 0 Å². The Morgan fingerprint density at radius 2 is 1.96 bits per heavy atom. The smallest absolute Gasteiger partial charge is 0.320 e. The largest absolute Gasteiger partial charge is 0.399 e. The average Bonchev–Trinajstić information content (AvgIpc) is 3.18. The maximum absolute atomic E-state index is 12.3. The van der Waals surface area contributed by atoms with Gasteiger partial charge in [-0.25, -0.2) is 4.98 Å². The van der Waals surface area contributed by atoms with E-state index in [0.29, 0.717) is 18.9 Å². The molecule has 0 aliphatic carbocycles. The average molecular weight is 380 g/mol. The van der Waals surface area contributed by atoms with Crippen LogP contribution in [0.5, 0.6) is 0 Å². The third-order valence-corrected chi connectivity index (χ3v) is 4.23. The van der Waals surface area contributed by atoms with Crippen molar-refractivity contribution < 1.29 is 13.9 Å². The van der Waals surface area contributed by atoms with E-state index in [1.165, 1.54) is 0 Å². The molecule has 0 radical (unpaired) electrons. The van der Waals surface area contributed by atoms with Gasteiger partial charge in [0.25, 0.3) is 0 Å².